The van der Waals surface area contributed by atoms with Gasteiger partial charge in [0.25, 0.3) is 0 Å². The molecule has 0 amide bonds. The van der Waals surface area contributed by atoms with E-state index in [1.165, 1.54) is 5.69 Å². The molecule has 2 aliphatic rings. The van der Waals surface area contributed by atoms with E-state index in [-0.39, 0.29) is 29.4 Å². The Morgan fingerprint density at radius 1 is 1.29 bits per heavy atom. The molecule has 0 bridgehead atoms. The summed E-state index contributed by atoms with van der Waals surface area (Å²) in [6.45, 7) is 8.68. The smallest absolute Gasteiger partial charge is 0.193 e. The summed E-state index contributed by atoms with van der Waals surface area (Å²) in [4.78, 5) is 9.13. The van der Waals surface area contributed by atoms with Crippen molar-refractivity contribution in [1.82, 2.24) is 10.2 Å². The van der Waals surface area contributed by atoms with E-state index < -0.39 is 0 Å². The van der Waals surface area contributed by atoms with Crippen LogP contribution in [0.5, 0.6) is 0 Å². The van der Waals surface area contributed by atoms with Crippen LogP contribution in [-0.2, 0) is 4.74 Å². The molecular weight excluding hydrogens is 439 g/mol. The largest absolute Gasteiger partial charge is 0.380 e. The van der Waals surface area contributed by atoms with Crippen LogP contribution in [0.25, 0.3) is 0 Å². The number of piperazine rings is 1. The highest BCUT2D eigenvalue weighted by molar-refractivity contribution is 14.0. The maximum Gasteiger partial charge on any atom is 0.193 e. The molecule has 1 aromatic carbocycles. The molecule has 0 unspecified atom stereocenters. The molecule has 7 heteroatoms. The summed E-state index contributed by atoms with van der Waals surface area (Å²) in [5, 5.41) is 4.29. The third-order valence-electron chi connectivity index (χ3n) is 4.54. The van der Waals surface area contributed by atoms with Crippen molar-refractivity contribution in [3.63, 3.8) is 0 Å². The van der Waals surface area contributed by atoms with Gasteiger partial charge in [0.15, 0.2) is 5.96 Å². The molecule has 0 saturated carbocycles. The molecule has 0 radical (unpaired) electrons. The number of hydrogen-bond donors (Lipinski definition) is 1. The molecule has 24 heavy (non-hydrogen) atoms. The van der Waals surface area contributed by atoms with Crippen LogP contribution in [-0.4, -0.2) is 63.8 Å². The molecule has 0 aliphatic carbocycles. The Kier molecular flexibility index (Phi) is 7.00. The third kappa shape index (κ3) is 4.67. The lowest BCUT2D eigenvalue weighted by atomic mass is 9.89. The number of rotatable bonds is 3. The van der Waals surface area contributed by atoms with Gasteiger partial charge >= 0.3 is 0 Å². The normalized spacial score (nSPS) is 20.2. The first-order valence-electron chi connectivity index (χ1n) is 8.13. The number of nitrogens with zero attached hydrogens (tertiary/aromatic N) is 3. The second-order valence-corrected chi connectivity index (χ2v) is 7.09. The zero-order chi connectivity index (χ0) is 16.3. The highest BCUT2D eigenvalue weighted by Crippen LogP contribution is 2.25. The molecule has 0 aromatic heterocycles. The Labute approximate surface area is 166 Å². The summed E-state index contributed by atoms with van der Waals surface area (Å²) in [7, 11) is 1.85. The molecule has 1 N–H and O–H groups in total. The molecule has 5 nitrogen and oxygen atoms in total. The quantitative estimate of drug-likeness (QED) is 0.424. The lowest BCUT2D eigenvalue weighted by Gasteiger charge is -2.41. The molecule has 0 spiro atoms. The molecule has 3 rings (SSSR count). The summed E-state index contributed by atoms with van der Waals surface area (Å²) in [5.74, 6) is 0.990. The number of aliphatic imine (C=N–C) groups is 1. The van der Waals surface area contributed by atoms with Crippen molar-refractivity contribution in [2.24, 2.45) is 10.4 Å². The second kappa shape index (κ2) is 8.58. The Bertz CT molecular complexity index is 571. The number of nitrogens with one attached hydrogen (secondary N) is 1. The minimum Gasteiger partial charge on any atom is -0.380 e. The Hall–Kier alpha value is -0.730. The maximum atomic E-state index is 6.09. The highest BCUT2D eigenvalue weighted by Gasteiger charge is 2.33. The zero-order valence-corrected chi connectivity index (χ0v) is 17.4. The molecule has 2 fully saturated rings. The highest BCUT2D eigenvalue weighted by atomic mass is 127. The van der Waals surface area contributed by atoms with Gasteiger partial charge in [-0.05, 0) is 18.2 Å². The molecule has 2 heterocycles. The van der Waals surface area contributed by atoms with Crippen LogP contribution in [0.15, 0.2) is 29.3 Å². The van der Waals surface area contributed by atoms with Crippen molar-refractivity contribution in [2.45, 2.75) is 6.92 Å². The number of ether oxygens (including phenoxy) is 1. The van der Waals surface area contributed by atoms with Crippen molar-refractivity contribution in [3.05, 3.63) is 29.3 Å². The van der Waals surface area contributed by atoms with E-state index >= 15 is 0 Å². The van der Waals surface area contributed by atoms with E-state index in [1.54, 1.807) is 0 Å². The number of anilines is 1. The topological polar surface area (TPSA) is 40.1 Å². The third-order valence-corrected chi connectivity index (χ3v) is 4.77. The first-order valence-corrected chi connectivity index (χ1v) is 8.51. The minimum atomic E-state index is 0. The second-order valence-electron chi connectivity index (χ2n) is 6.66. The van der Waals surface area contributed by atoms with Crippen molar-refractivity contribution in [2.75, 3.05) is 57.9 Å². The number of benzene rings is 1. The Morgan fingerprint density at radius 3 is 2.54 bits per heavy atom. The van der Waals surface area contributed by atoms with Crippen LogP contribution in [0, 0.1) is 5.41 Å². The van der Waals surface area contributed by atoms with Gasteiger partial charge < -0.3 is 19.9 Å². The van der Waals surface area contributed by atoms with Crippen LogP contribution in [0.2, 0.25) is 5.02 Å². The van der Waals surface area contributed by atoms with Crippen molar-refractivity contribution < 1.29 is 4.74 Å². The van der Waals surface area contributed by atoms with E-state index in [1.807, 2.05) is 25.2 Å². The van der Waals surface area contributed by atoms with Gasteiger partial charge in [0.2, 0.25) is 0 Å². The summed E-state index contributed by atoms with van der Waals surface area (Å²) in [5.41, 5.74) is 1.44. The van der Waals surface area contributed by atoms with Gasteiger partial charge in [0.1, 0.15) is 0 Å². The van der Waals surface area contributed by atoms with Gasteiger partial charge in [-0.15, -0.1) is 24.0 Å². The lowest BCUT2D eigenvalue weighted by Crippen LogP contribution is -2.56. The van der Waals surface area contributed by atoms with E-state index in [0.29, 0.717) is 0 Å². The number of guanidine groups is 1. The Morgan fingerprint density at radius 2 is 2.00 bits per heavy atom. The van der Waals surface area contributed by atoms with Crippen LogP contribution >= 0.6 is 35.6 Å². The SMILES string of the molecule is CN=C(NCC1(C)COC1)N1CCN(c2cccc(Cl)c2)CC1.I. The first kappa shape index (κ1) is 19.6. The fourth-order valence-electron chi connectivity index (χ4n) is 3.03. The van der Waals surface area contributed by atoms with Gasteiger partial charge in [-0.2, -0.15) is 0 Å². The van der Waals surface area contributed by atoms with Crippen molar-refractivity contribution in [1.29, 1.82) is 0 Å². The van der Waals surface area contributed by atoms with Gasteiger partial charge in [0.05, 0.1) is 13.2 Å². The number of halogens is 2. The number of hydrogen-bond acceptors (Lipinski definition) is 3. The molecule has 2 saturated heterocycles. The monoisotopic (exact) mass is 464 g/mol. The molecule has 134 valence electrons. The summed E-state index contributed by atoms with van der Waals surface area (Å²) < 4.78 is 5.31. The molecule has 0 atom stereocenters. The zero-order valence-electron chi connectivity index (χ0n) is 14.3. The van der Waals surface area contributed by atoms with E-state index in [4.69, 9.17) is 16.3 Å². The van der Waals surface area contributed by atoms with Crippen LogP contribution in [0.3, 0.4) is 0 Å². The van der Waals surface area contributed by atoms with Crippen LogP contribution in [0.4, 0.5) is 5.69 Å². The van der Waals surface area contributed by atoms with Gasteiger partial charge in [-0.1, -0.05) is 24.6 Å². The minimum absolute atomic E-state index is 0. The maximum absolute atomic E-state index is 6.09. The Balaban J connectivity index is 0.00000208. The average Bonchev–Trinajstić information content (AvgIpc) is 2.54. The summed E-state index contributed by atoms with van der Waals surface area (Å²) in [6.07, 6.45) is 0. The predicted octanol–water partition coefficient (Wildman–Crippen LogP) is 2.69. The lowest BCUT2D eigenvalue weighted by molar-refractivity contribution is -0.0972. The van der Waals surface area contributed by atoms with E-state index in [9.17, 15) is 0 Å². The van der Waals surface area contributed by atoms with Crippen molar-refractivity contribution in [3.8, 4) is 0 Å². The fraction of sp³-hybridized carbons (Fsp3) is 0.588. The van der Waals surface area contributed by atoms with Crippen molar-refractivity contribution >= 4 is 47.2 Å². The van der Waals surface area contributed by atoms with E-state index in [0.717, 1.165) is 56.9 Å². The first-order chi connectivity index (χ1) is 11.1. The van der Waals surface area contributed by atoms with Gasteiger partial charge in [-0.25, -0.2) is 0 Å². The van der Waals surface area contributed by atoms with Gasteiger partial charge in [0, 0.05) is 55.9 Å². The summed E-state index contributed by atoms with van der Waals surface area (Å²) >= 11 is 6.09. The average molecular weight is 465 g/mol. The molecule has 2 aliphatic heterocycles. The molecule has 1 aromatic rings. The van der Waals surface area contributed by atoms with E-state index in [2.05, 4.69) is 33.1 Å². The predicted molar refractivity (Wildman–Crippen MR) is 111 cm³/mol. The van der Waals surface area contributed by atoms with Crippen LogP contribution < -0.4 is 10.2 Å². The standard InChI is InChI=1S/C17H25ClN4O.HI/c1-17(12-23-13-17)11-20-16(19-2)22-8-6-21(7-9-22)15-5-3-4-14(18)10-15;/h3-5,10H,6-9,11-13H2,1-2H3,(H,19,20);1H. The van der Waals surface area contributed by atoms with Crippen LogP contribution in [0.1, 0.15) is 6.92 Å². The summed E-state index contributed by atoms with van der Waals surface area (Å²) in [6, 6.07) is 8.07. The molecular formula is C17H26ClIN4O. The van der Waals surface area contributed by atoms with Gasteiger partial charge in [-0.3, -0.25) is 4.99 Å². The fourth-order valence-corrected chi connectivity index (χ4v) is 3.21.